The number of rotatable bonds is 8. The Hall–Kier alpha value is -5.49. The summed E-state index contributed by atoms with van der Waals surface area (Å²) in [5, 5.41) is 14.6. The van der Waals surface area contributed by atoms with Gasteiger partial charge in [0.25, 0.3) is 11.8 Å². The van der Waals surface area contributed by atoms with E-state index in [0.717, 1.165) is 16.2 Å². The van der Waals surface area contributed by atoms with Gasteiger partial charge in [-0.1, -0.05) is 24.3 Å². The zero-order valence-electron chi connectivity index (χ0n) is 23.3. The smallest absolute Gasteiger partial charge is 0.271 e. The molecule has 0 aliphatic carbocycles. The molecule has 2 amide bonds. The number of nitriles is 1. The Kier molecular flexibility index (Phi) is 7.98. The van der Waals surface area contributed by atoms with Crippen LogP contribution in [0.2, 0.25) is 0 Å². The van der Waals surface area contributed by atoms with Gasteiger partial charge in [-0.3, -0.25) is 14.5 Å². The van der Waals surface area contributed by atoms with Gasteiger partial charge in [0.05, 0.1) is 25.6 Å². The van der Waals surface area contributed by atoms with Gasteiger partial charge in [-0.05, 0) is 79.1 Å². The number of amides is 2. The van der Waals surface area contributed by atoms with E-state index in [1.165, 1.54) is 19.2 Å². The van der Waals surface area contributed by atoms with Gasteiger partial charge in [0.2, 0.25) is 0 Å². The molecule has 0 bridgehead atoms. The zero-order valence-corrected chi connectivity index (χ0v) is 23.3. The Morgan fingerprint density at radius 3 is 2.33 bits per heavy atom. The summed E-state index contributed by atoms with van der Waals surface area (Å²) in [6, 6.07) is 22.7. The second-order valence-electron chi connectivity index (χ2n) is 9.59. The molecule has 1 aliphatic heterocycles. The van der Waals surface area contributed by atoms with E-state index in [2.05, 4.69) is 0 Å². The van der Waals surface area contributed by atoms with Crippen LogP contribution in [-0.2, 0) is 16.0 Å². The molecule has 0 saturated heterocycles. The molecule has 3 aromatic carbocycles. The Morgan fingerprint density at radius 2 is 1.67 bits per heavy atom. The summed E-state index contributed by atoms with van der Waals surface area (Å²) in [5.41, 5.74) is 3.72. The van der Waals surface area contributed by atoms with Crippen molar-refractivity contribution in [2.24, 2.45) is 0 Å². The fourth-order valence-corrected chi connectivity index (χ4v) is 4.80. The van der Waals surface area contributed by atoms with Crippen LogP contribution in [0.3, 0.4) is 0 Å². The van der Waals surface area contributed by atoms with E-state index < -0.39 is 11.8 Å². The third-order valence-corrected chi connectivity index (χ3v) is 7.08. The number of carbonyl (C=O) groups excluding carboxylic acids is 2. The van der Waals surface area contributed by atoms with Crippen LogP contribution >= 0.6 is 0 Å². The van der Waals surface area contributed by atoms with Crippen molar-refractivity contribution in [1.29, 1.82) is 5.26 Å². The van der Waals surface area contributed by atoms with Crippen molar-refractivity contribution in [3.05, 3.63) is 113 Å². The van der Waals surface area contributed by atoms with Gasteiger partial charge >= 0.3 is 0 Å². The quantitative estimate of drug-likeness (QED) is 0.207. The summed E-state index contributed by atoms with van der Waals surface area (Å²) in [7, 11) is 3.07. The van der Waals surface area contributed by atoms with Gasteiger partial charge in [-0.25, -0.2) is 9.07 Å². The summed E-state index contributed by atoms with van der Waals surface area (Å²) in [6.45, 7) is 1.64. The van der Waals surface area contributed by atoms with Gasteiger partial charge in [0.1, 0.15) is 17.5 Å². The van der Waals surface area contributed by atoms with Crippen molar-refractivity contribution in [3.8, 4) is 34.5 Å². The Labute approximate surface area is 242 Å². The highest BCUT2D eigenvalue weighted by Gasteiger charge is 2.35. The molecule has 0 N–H and O–H groups in total. The maximum absolute atomic E-state index is 13.8. The van der Waals surface area contributed by atoms with Crippen LogP contribution in [0, 0.1) is 17.1 Å². The second-order valence-corrected chi connectivity index (χ2v) is 9.59. The highest BCUT2D eigenvalue weighted by molar-refractivity contribution is 6.19. The molecule has 0 spiro atoms. The molecule has 0 unspecified atom stereocenters. The number of aromatic nitrogens is 2. The first-order valence-corrected chi connectivity index (χ1v) is 13.2. The number of para-hydroxylation sites is 1. The van der Waals surface area contributed by atoms with E-state index in [1.54, 1.807) is 55.3 Å². The molecule has 0 fully saturated rings. The van der Waals surface area contributed by atoms with Crippen molar-refractivity contribution in [2.75, 3.05) is 20.8 Å². The lowest BCUT2D eigenvalue weighted by Gasteiger charge is -2.27. The van der Waals surface area contributed by atoms with E-state index >= 15 is 0 Å². The molecule has 210 valence electrons. The fraction of sp³-hybridized carbons (Fsp3) is 0.152. The van der Waals surface area contributed by atoms with Crippen molar-refractivity contribution in [1.82, 2.24) is 14.7 Å². The lowest BCUT2D eigenvalue weighted by atomic mass is 9.93. The molecule has 4 aromatic rings. The molecular weight excluding hydrogens is 535 g/mol. The molecule has 1 aliphatic rings. The topological polar surface area (TPSA) is 97.5 Å². The summed E-state index contributed by atoms with van der Waals surface area (Å²) >= 11 is 0. The minimum atomic E-state index is -0.642. The average Bonchev–Trinajstić information content (AvgIpc) is 3.44. The fourth-order valence-electron chi connectivity index (χ4n) is 4.80. The predicted molar refractivity (Wildman–Crippen MR) is 155 cm³/mol. The molecular formula is C33H27FN4O4. The maximum Gasteiger partial charge on any atom is 0.271 e. The molecule has 9 heteroatoms. The minimum absolute atomic E-state index is 0.0526. The van der Waals surface area contributed by atoms with Crippen LogP contribution in [0.5, 0.6) is 11.5 Å². The van der Waals surface area contributed by atoms with Gasteiger partial charge in [-0.2, -0.15) is 10.4 Å². The molecule has 42 heavy (non-hydrogen) atoms. The first-order valence-electron chi connectivity index (χ1n) is 13.2. The SMILES string of the molecule is COc1ccc(CCN2C(=O)C(C#N)=C(C)/C(=C\c3cn(-c4ccccc4)nc3-c3ccc(F)cc3)C2=O)cc1OC. The standard InChI is InChI=1S/C33H27FN4O4/c1-21-27(18-24-20-38(26-7-5-4-6-8-26)36-31(24)23-10-12-25(34)13-11-23)32(39)37(33(40)28(21)19-35)16-15-22-9-14-29(41-2)30(17-22)42-3/h4-14,17-18,20H,15-16H2,1-3H3/b27-18+. The third-order valence-electron chi connectivity index (χ3n) is 7.08. The summed E-state index contributed by atoms with van der Waals surface area (Å²) in [4.78, 5) is 28.1. The number of hydrogen-bond acceptors (Lipinski definition) is 6. The minimum Gasteiger partial charge on any atom is -0.493 e. The van der Waals surface area contributed by atoms with Crippen LogP contribution in [-0.4, -0.2) is 47.3 Å². The van der Waals surface area contributed by atoms with Crippen molar-refractivity contribution < 1.29 is 23.5 Å². The maximum atomic E-state index is 13.8. The van der Waals surface area contributed by atoms with E-state index in [9.17, 15) is 19.2 Å². The Bertz CT molecular complexity index is 1770. The third kappa shape index (κ3) is 5.43. The van der Waals surface area contributed by atoms with Crippen LogP contribution < -0.4 is 9.47 Å². The van der Waals surface area contributed by atoms with Crippen molar-refractivity contribution >= 4 is 17.9 Å². The number of carbonyl (C=O) groups is 2. The lowest BCUT2D eigenvalue weighted by molar-refractivity contribution is -0.140. The van der Waals surface area contributed by atoms with Gasteiger partial charge in [0, 0.05) is 29.4 Å². The normalized spacial score (nSPS) is 14.4. The zero-order chi connectivity index (χ0) is 29.8. The van der Waals surface area contributed by atoms with Crippen LogP contribution in [0.25, 0.3) is 23.0 Å². The van der Waals surface area contributed by atoms with E-state index in [-0.39, 0.29) is 29.1 Å². The van der Waals surface area contributed by atoms with E-state index in [4.69, 9.17) is 14.6 Å². The average molecular weight is 563 g/mol. The van der Waals surface area contributed by atoms with Crippen LogP contribution in [0.15, 0.2) is 95.7 Å². The van der Waals surface area contributed by atoms with Crippen molar-refractivity contribution in [2.45, 2.75) is 13.3 Å². The molecule has 1 aromatic heterocycles. The monoisotopic (exact) mass is 562 g/mol. The summed E-state index contributed by atoms with van der Waals surface area (Å²) in [5.74, 6) is -0.449. The summed E-state index contributed by atoms with van der Waals surface area (Å²) < 4.78 is 26.0. The molecule has 8 nitrogen and oxygen atoms in total. The molecule has 0 saturated carbocycles. The second kappa shape index (κ2) is 11.9. The predicted octanol–water partition coefficient (Wildman–Crippen LogP) is 5.53. The van der Waals surface area contributed by atoms with Gasteiger partial charge in [-0.15, -0.1) is 0 Å². The number of halogens is 1. The number of hydrogen-bond donors (Lipinski definition) is 0. The lowest BCUT2D eigenvalue weighted by Crippen LogP contribution is -2.43. The molecule has 5 rings (SSSR count). The first-order chi connectivity index (χ1) is 20.3. The number of nitrogens with zero attached hydrogens (tertiary/aromatic N) is 4. The number of ether oxygens (including phenoxy) is 2. The number of imide groups is 1. The van der Waals surface area contributed by atoms with E-state index in [1.807, 2.05) is 42.5 Å². The van der Waals surface area contributed by atoms with Crippen LogP contribution in [0.4, 0.5) is 4.39 Å². The van der Waals surface area contributed by atoms with Crippen LogP contribution in [0.1, 0.15) is 18.1 Å². The van der Waals surface area contributed by atoms with Gasteiger partial charge < -0.3 is 9.47 Å². The Balaban J connectivity index is 1.55. The Morgan fingerprint density at radius 1 is 0.952 bits per heavy atom. The largest absolute Gasteiger partial charge is 0.493 e. The highest BCUT2D eigenvalue weighted by atomic mass is 19.1. The van der Waals surface area contributed by atoms with Gasteiger partial charge in [0.15, 0.2) is 11.5 Å². The summed E-state index contributed by atoms with van der Waals surface area (Å²) in [6.07, 6.45) is 3.74. The number of benzene rings is 3. The number of methoxy groups -OCH3 is 2. The highest BCUT2D eigenvalue weighted by Crippen LogP contribution is 2.32. The molecule has 2 heterocycles. The van der Waals surface area contributed by atoms with E-state index in [0.29, 0.717) is 34.7 Å². The molecule has 0 radical (unpaired) electrons. The molecule has 0 atom stereocenters. The first kappa shape index (κ1) is 28.1. The van der Waals surface area contributed by atoms with Crippen molar-refractivity contribution in [3.63, 3.8) is 0 Å².